The first-order valence-electron chi connectivity index (χ1n) is 8.00. The summed E-state index contributed by atoms with van der Waals surface area (Å²) >= 11 is 0. The van der Waals surface area contributed by atoms with E-state index in [0.29, 0.717) is 5.92 Å². The Hall–Kier alpha value is -1.35. The van der Waals surface area contributed by atoms with Gasteiger partial charge < -0.3 is 10.2 Å². The third-order valence-electron chi connectivity index (χ3n) is 4.40. The number of benzene rings is 1. The number of unbranched alkanes of at least 4 members (excludes halogenated alkanes) is 1. The summed E-state index contributed by atoms with van der Waals surface area (Å²) in [5.74, 6) is 1.20. The highest BCUT2D eigenvalue weighted by Crippen LogP contribution is 2.33. The quantitative estimate of drug-likeness (QED) is 0.733. The summed E-state index contributed by atoms with van der Waals surface area (Å²) in [5.41, 5.74) is 8.06. The van der Waals surface area contributed by atoms with Crippen LogP contribution < -0.4 is 5.73 Å². The number of hydrogen-bond acceptors (Lipinski definition) is 2. The van der Waals surface area contributed by atoms with Crippen molar-refractivity contribution in [1.82, 2.24) is 0 Å². The maximum absolute atomic E-state index is 13.4. The van der Waals surface area contributed by atoms with Crippen molar-refractivity contribution in [2.24, 2.45) is 11.7 Å². The molecule has 0 aliphatic heterocycles. The molecule has 0 aliphatic carbocycles. The molecule has 21 heavy (non-hydrogen) atoms. The first kappa shape index (κ1) is 16.0. The average Bonchev–Trinajstić information content (AvgIpc) is 2.80. The molecule has 0 amide bonds. The summed E-state index contributed by atoms with van der Waals surface area (Å²) in [7, 11) is 0. The minimum Gasteiger partial charge on any atom is -0.459 e. The molecule has 2 aromatic rings. The third kappa shape index (κ3) is 3.65. The molecule has 0 saturated carbocycles. The molecular weight excluding hydrogens is 265 g/mol. The number of hydrogen-bond donors (Lipinski definition) is 1. The number of furan rings is 1. The molecule has 0 bridgehead atoms. The van der Waals surface area contributed by atoms with E-state index in [-0.39, 0.29) is 11.9 Å². The minimum absolute atomic E-state index is 0.109. The zero-order valence-corrected chi connectivity index (χ0v) is 13.3. The number of nitrogens with two attached hydrogens (primary N) is 1. The van der Waals surface area contributed by atoms with Crippen molar-refractivity contribution in [3.63, 3.8) is 0 Å². The Balaban J connectivity index is 2.18. The Morgan fingerprint density at radius 2 is 2.05 bits per heavy atom. The van der Waals surface area contributed by atoms with Crippen LogP contribution >= 0.6 is 0 Å². The Morgan fingerprint density at radius 1 is 1.29 bits per heavy atom. The molecule has 2 rings (SSSR count). The van der Waals surface area contributed by atoms with Crippen LogP contribution in [0.4, 0.5) is 4.39 Å². The fraction of sp³-hybridized carbons (Fsp3) is 0.556. The molecule has 116 valence electrons. The van der Waals surface area contributed by atoms with Crippen LogP contribution in [0.2, 0.25) is 0 Å². The minimum atomic E-state index is -0.235. The van der Waals surface area contributed by atoms with Gasteiger partial charge >= 0.3 is 0 Å². The van der Waals surface area contributed by atoms with Gasteiger partial charge in [0.1, 0.15) is 17.2 Å². The van der Waals surface area contributed by atoms with E-state index in [1.807, 2.05) is 6.92 Å². The van der Waals surface area contributed by atoms with Crippen LogP contribution in [0, 0.1) is 18.7 Å². The maximum Gasteiger partial charge on any atom is 0.134 e. The lowest BCUT2D eigenvalue weighted by Gasteiger charge is -2.18. The highest BCUT2D eigenvalue weighted by Gasteiger charge is 2.20. The van der Waals surface area contributed by atoms with Crippen LogP contribution in [0.5, 0.6) is 0 Å². The highest BCUT2D eigenvalue weighted by atomic mass is 19.1. The van der Waals surface area contributed by atoms with Crippen molar-refractivity contribution in [3.8, 4) is 0 Å². The van der Waals surface area contributed by atoms with Gasteiger partial charge in [0, 0.05) is 10.9 Å². The molecule has 0 radical (unpaired) electrons. The van der Waals surface area contributed by atoms with E-state index >= 15 is 0 Å². The first-order valence-corrected chi connectivity index (χ1v) is 8.00. The van der Waals surface area contributed by atoms with Gasteiger partial charge in [0.05, 0.1) is 6.04 Å². The molecular formula is C18H26FNO. The monoisotopic (exact) mass is 291 g/mol. The van der Waals surface area contributed by atoms with Crippen LogP contribution in [0.25, 0.3) is 11.0 Å². The van der Waals surface area contributed by atoms with Crippen LogP contribution in [0.1, 0.15) is 63.3 Å². The van der Waals surface area contributed by atoms with Crippen LogP contribution in [-0.2, 0) is 0 Å². The van der Waals surface area contributed by atoms with Crippen molar-refractivity contribution in [2.45, 2.75) is 58.9 Å². The van der Waals surface area contributed by atoms with Gasteiger partial charge in [0.2, 0.25) is 0 Å². The van der Waals surface area contributed by atoms with Crippen molar-refractivity contribution in [1.29, 1.82) is 0 Å². The first-order chi connectivity index (χ1) is 10.1. The standard InChI is InChI=1S/C18H26FNO/c1-4-6-7-13(5-2)10-16(20)18-12(3)15-11-14(19)8-9-17(15)21-18/h8-9,11,13,16H,4-7,10,20H2,1-3H3. The molecule has 2 nitrogen and oxygen atoms in total. The zero-order valence-electron chi connectivity index (χ0n) is 13.3. The van der Waals surface area contributed by atoms with Crippen LogP contribution in [0.15, 0.2) is 22.6 Å². The number of halogens is 1. The third-order valence-corrected chi connectivity index (χ3v) is 4.40. The molecule has 0 fully saturated rings. The molecule has 2 N–H and O–H groups in total. The molecule has 0 aliphatic rings. The Morgan fingerprint density at radius 3 is 2.71 bits per heavy atom. The fourth-order valence-corrected chi connectivity index (χ4v) is 3.01. The van der Waals surface area contributed by atoms with E-state index in [4.69, 9.17) is 10.2 Å². The predicted octanol–water partition coefficient (Wildman–Crippen LogP) is 5.49. The van der Waals surface area contributed by atoms with Gasteiger partial charge in [-0.3, -0.25) is 0 Å². The van der Waals surface area contributed by atoms with Crippen LogP contribution in [-0.4, -0.2) is 0 Å². The predicted molar refractivity (Wildman–Crippen MR) is 85.8 cm³/mol. The summed E-state index contributed by atoms with van der Waals surface area (Å²) in [6.07, 6.45) is 5.75. The average molecular weight is 291 g/mol. The molecule has 0 saturated heterocycles. The summed E-state index contributed by atoms with van der Waals surface area (Å²) in [5, 5.41) is 0.835. The van der Waals surface area contributed by atoms with Gasteiger partial charge in [-0.15, -0.1) is 0 Å². The van der Waals surface area contributed by atoms with E-state index < -0.39 is 0 Å². The van der Waals surface area contributed by atoms with Gasteiger partial charge in [-0.1, -0.05) is 39.5 Å². The van der Waals surface area contributed by atoms with E-state index in [0.717, 1.165) is 35.1 Å². The Labute approximate surface area is 126 Å². The highest BCUT2D eigenvalue weighted by molar-refractivity contribution is 5.82. The lowest BCUT2D eigenvalue weighted by molar-refractivity contribution is 0.360. The van der Waals surface area contributed by atoms with E-state index in [9.17, 15) is 4.39 Å². The van der Waals surface area contributed by atoms with Crippen molar-refractivity contribution in [2.75, 3.05) is 0 Å². The second kappa shape index (κ2) is 7.08. The SMILES string of the molecule is CCCCC(CC)CC(N)c1oc2ccc(F)cc2c1C. The van der Waals surface area contributed by atoms with E-state index in [2.05, 4.69) is 13.8 Å². The topological polar surface area (TPSA) is 39.2 Å². The molecule has 3 heteroatoms. The molecule has 1 aromatic carbocycles. The Bertz CT molecular complexity index is 590. The Kier molecular flexibility index (Phi) is 5.40. The number of aryl methyl sites for hydroxylation is 1. The molecule has 2 unspecified atom stereocenters. The molecule has 2 atom stereocenters. The smallest absolute Gasteiger partial charge is 0.134 e. The van der Waals surface area contributed by atoms with Crippen molar-refractivity contribution < 1.29 is 8.81 Å². The second-order valence-corrected chi connectivity index (χ2v) is 5.99. The van der Waals surface area contributed by atoms with E-state index in [1.165, 1.54) is 31.4 Å². The summed E-state index contributed by atoms with van der Waals surface area (Å²) in [4.78, 5) is 0. The lowest BCUT2D eigenvalue weighted by Crippen LogP contribution is -2.15. The van der Waals surface area contributed by atoms with E-state index in [1.54, 1.807) is 6.07 Å². The molecule has 1 aromatic heterocycles. The van der Waals surface area contributed by atoms with Gasteiger partial charge in [0.25, 0.3) is 0 Å². The van der Waals surface area contributed by atoms with Gasteiger partial charge in [-0.25, -0.2) is 4.39 Å². The fourth-order valence-electron chi connectivity index (χ4n) is 3.01. The summed E-state index contributed by atoms with van der Waals surface area (Å²) in [6, 6.07) is 4.53. The van der Waals surface area contributed by atoms with Crippen LogP contribution in [0.3, 0.4) is 0 Å². The van der Waals surface area contributed by atoms with Crippen molar-refractivity contribution >= 4 is 11.0 Å². The molecule has 1 heterocycles. The number of rotatable bonds is 7. The number of fused-ring (bicyclic) bond motifs is 1. The summed E-state index contributed by atoms with van der Waals surface area (Å²) in [6.45, 7) is 6.39. The van der Waals surface area contributed by atoms with Gasteiger partial charge in [0.15, 0.2) is 0 Å². The second-order valence-electron chi connectivity index (χ2n) is 5.99. The van der Waals surface area contributed by atoms with Gasteiger partial charge in [-0.2, -0.15) is 0 Å². The largest absolute Gasteiger partial charge is 0.459 e. The summed E-state index contributed by atoms with van der Waals surface area (Å²) < 4.78 is 19.2. The normalized spacial score (nSPS) is 14.5. The van der Waals surface area contributed by atoms with Gasteiger partial charge in [-0.05, 0) is 37.5 Å². The molecule has 0 spiro atoms. The zero-order chi connectivity index (χ0) is 15.4. The maximum atomic E-state index is 13.4. The lowest BCUT2D eigenvalue weighted by atomic mass is 9.91. The van der Waals surface area contributed by atoms with Crippen molar-refractivity contribution in [3.05, 3.63) is 35.3 Å².